The summed E-state index contributed by atoms with van der Waals surface area (Å²) in [5.74, 6) is 0.180. The predicted octanol–water partition coefficient (Wildman–Crippen LogP) is 1.67. The summed E-state index contributed by atoms with van der Waals surface area (Å²) in [6.07, 6.45) is 0. The summed E-state index contributed by atoms with van der Waals surface area (Å²) in [6.45, 7) is 8.97. The molecule has 0 unspecified atom stereocenters. The maximum atomic E-state index is 12.3. The van der Waals surface area contributed by atoms with E-state index < -0.39 is 5.54 Å². The van der Waals surface area contributed by atoms with Gasteiger partial charge >= 0.3 is 0 Å². The standard InChI is InChI=1S/C17H27N3O/c1-17(2,16(21)18(3)4)20-12-10-19(11-13-20)14-15-8-6-5-7-9-15/h5-9H,10-14H2,1-4H3. The number of amides is 1. The van der Waals surface area contributed by atoms with Gasteiger partial charge < -0.3 is 4.90 Å². The fraction of sp³-hybridized carbons (Fsp3) is 0.588. The van der Waals surface area contributed by atoms with Crippen LogP contribution in [-0.4, -0.2) is 66.4 Å². The molecule has 1 saturated heterocycles. The van der Waals surface area contributed by atoms with E-state index in [9.17, 15) is 4.79 Å². The molecule has 0 radical (unpaired) electrons. The number of carbonyl (C=O) groups excluding carboxylic acids is 1. The average Bonchev–Trinajstić information content (AvgIpc) is 2.48. The fourth-order valence-electron chi connectivity index (χ4n) is 2.99. The summed E-state index contributed by atoms with van der Waals surface area (Å²) in [5.41, 5.74) is 0.942. The molecular formula is C17H27N3O. The Morgan fingerprint density at radius 2 is 1.67 bits per heavy atom. The molecule has 21 heavy (non-hydrogen) atoms. The molecular weight excluding hydrogens is 262 g/mol. The molecule has 0 atom stereocenters. The molecule has 1 heterocycles. The van der Waals surface area contributed by atoms with E-state index in [1.54, 1.807) is 4.90 Å². The van der Waals surface area contributed by atoms with Crippen LogP contribution in [0.15, 0.2) is 30.3 Å². The van der Waals surface area contributed by atoms with Crippen LogP contribution in [0.25, 0.3) is 0 Å². The van der Waals surface area contributed by atoms with Crippen LogP contribution in [0.5, 0.6) is 0 Å². The van der Waals surface area contributed by atoms with Crippen molar-refractivity contribution < 1.29 is 4.79 Å². The Balaban J connectivity index is 1.90. The Hall–Kier alpha value is -1.39. The lowest BCUT2D eigenvalue weighted by Gasteiger charge is -2.43. The van der Waals surface area contributed by atoms with Gasteiger partial charge in [-0.1, -0.05) is 30.3 Å². The molecule has 1 aromatic rings. The Morgan fingerprint density at radius 1 is 1.10 bits per heavy atom. The van der Waals surface area contributed by atoms with Gasteiger partial charge in [-0.2, -0.15) is 0 Å². The quantitative estimate of drug-likeness (QED) is 0.843. The van der Waals surface area contributed by atoms with Gasteiger partial charge in [-0.15, -0.1) is 0 Å². The number of piperazine rings is 1. The molecule has 1 aromatic carbocycles. The van der Waals surface area contributed by atoms with Crippen LogP contribution in [0, 0.1) is 0 Å². The monoisotopic (exact) mass is 289 g/mol. The fourth-order valence-corrected chi connectivity index (χ4v) is 2.99. The number of hydrogen-bond acceptors (Lipinski definition) is 3. The molecule has 0 aliphatic carbocycles. The van der Waals surface area contributed by atoms with Crippen molar-refractivity contribution in [2.45, 2.75) is 25.9 Å². The van der Waals surface area contributed by atoms with E-state index in [0.29, 0.717) is 0 Å². The lowest BCUT2D eigenvalue weighted by molar-refractivity contribution is -0.141. The second-order valence-corrected chi connectivity index (χ2v) is 6.51. The Bertz CT molecular complexity index is 462. The van der Waals surface area contributed by atoms with Crippen LogP contribution in [0.3, 0.4) is 0 Å². The maximum Gasteiger partial charge on any atom is 0.242 e. The van der Waals surface area contributed by atoms with E-state index in [-0.39, 0.29) is 5.91 Å². The minimum atomic E-state index is -0.414. The van der Waals surface area contributed by atoms with Crippen LogP contribution in [0.4, 0.5) is 0 Å². The molecule has 0 aromatic heterocycles. The van der Waals surface area contributed by atoms with Gasteiger partial charge in [-0.25, -0.2) is 0 Å². The van der Waals surface area contributed by atoms with Gasteiger partial charge in [0.2, 0.25) is 5.91 Å². The van der Waals surface area contributed by atoms with Gasteiger partial charge in [0.15, 0.2) is 0 Å². The number of hydrogen-bond donors (Lipinski definition) is 0. The normalized spacial score (nSPS) is 17.7. The largest absolute Gasteiger partial charge is 0.347 e. The Kier molecular flexibility index (Phi) is 5.01. The van der Waals surface area contributed by atoms with Gasteiger partial charge in [-0.3, -0.25) is 14.6 Å². The van der Waals surface area contributed by atoms with Crippen LogP contribution in [-0.2, 0) is 11.3 Å². The maximum absolute atomic E-state index is 12.3. The number of likely N-dealkylation sites (N-methyl/N-ethyl adjacent to an activating group) is 1. The van der Waals surface area contributed by atoms with Gasteiger partial charge in [0.05, 0.1) is 5.54 Å². The first kappa shape index (κ1) is 16.0. The van der Waals surface area contributed by atoms with E-state index in [0.717, 1.165) is 32.7 Å². The zero-order chi connectivity index (χ0) is 15.5. The highest BCUT2D eigenvalue weighted by Gasteiger charge is 2.37. The van der Waals surface area contributed by atoms with Gasteiger partial charge in [0.1, 0.15) is 0 Å². The molecule has 4 nitrogen and oxygen atoms in total. The minimum Gasteiger partial charge on any atom is -0.347 e. The average molecular weight is 289 g/mol. The molecule has 1 aliphatic rings. The van der Waals surface area contributed by atoms with E-state index in [4.69, 9.17) is 0 Å². The molecule has 4 heteroatoms. The van der Waals surface area contributed by atoms with E-state index >= 15 is 0 Å². The number of nitrogens with zero attached hydrogens (tertiary/aromatic N) is 3. The Labute approximate surface area is 128 Å². The zero-order valence-electron chi connectivity index (χ0n) is 13.7. The third kappa shape index (κ3) is 3.83. The molecule has 0 saturated carbocycles. The molecule has 2 rings (SSSR count). The number of rotatable bonds is 4. The molecule has 1 amide bonds. The zero-order valence-corrected chi connectivity index (χ0v) is 13.7. The first-order chi connectivity index (χ1) is 9.91. The van der Waals surface area contributed by atoms with Gasteiger partial charge in [0, 0.05) is 46.8 Å². The molecule has 1 fully saturated rings. The number of carbonyl (C=O) groups is 1. The predicted molar refractivity (Wildman–Crippen MR) is 86.1 cm³/mol. The lowest BCUT2D eigenvalue weighted by atomic mass is 9.99. The summed E-state index contributed by atoms with van der Waals surface area (Å²) in [5, 5.41) is 0. The van der Waals surface area contributed by atoms with Crippen molar-refractivity contribution in [3.05, 3.63) is 35.9 Å². The molecule has 0 bridgehead atoms. The summed E-state index contributed by atoms with van der Waals surface area (Å²) in [6, 6.07) is 10.6. The summed E-state index contributed by atoms with van der Waals surface area (Å²) >= 11 is 0. The van der Waals surface area contributed by atoms with Crippen molar-refractivity contribution in [2.75, 3.05) is 40.3 Å². The highest BCUT2D eigenvalue weighted by Crippen LogP contribution is 2.19. The second-order valence-electron chi connectivity index (χ2n) is 6.51. The van der Waals surface area contributed by atoms with Crippen molar-refractivity contribution in [3.63, 3.8) is 0 Å². The van der Waals surface area contributed by atoms with Crippen molar-refractivity contribution in [2.24, 2.45) is 0 Å². The van der Waals surface area contributed by atoms with Crippen molar-refractivity contribution in [1.82, 2.24) is 14.7 Å². The molecule has 0 spiro atoms. The van der Waals surface area contributed by atoms with Crippen molar-refractivity contribution in [3.8, 4) is 0 Å². The molecule has 1 aliphatic heterocycles. The SMILES string of the molecule is CN(C)C(=O)C(C)(C)N1CCN(Cc2ccccc2)CC1. The van der Waals surface area contributed by atoms with E-state index in [1.807, 2.05) is 27.9 Å². The third-order valence-corrected chi connectivity index (χ3v) is 4.34. The summed E-state index contributed by atoms with van der Waals surface area (Å²) < 4.78 is 0. The first-order valence-corrected chi connectivity index (χ1v) is 7.64. The van der Waals surface area contributed by atoms with E-state index in [2.05, 4.69) is 40.1 Å². The smallest absolute Gasteiger partial charge is 0.242 e. The van der Waals surface area contributed by atoms with Gasteiger partial charge in [-0.05, 0) is 19.4 Å². The molecule has 116 valence electrons. The van der Waals surface area contributed by atoms with Crippen molar-refractivity contribution >= 4 is 5.91 Å². The summed E-state index contributed by atoms with van der Waals surface area (Å²) in [4.78, 5) is 18.8. The molecule has 0 N–H and O–H groups in total. The van der Waals surface area contributed by atoms with Crippen LogP contribution >= 0.6 is 0 Å². The summed E-state index contributed by atoms with van der Waals surface area (Å²) in [7, 11) is 3.66. The minimum absolute atomic E-state index is 0.180. The number of benzene rings is 1. The lowest BCUT2D eigenvalue weighted by Crippen LogP contribution is -2.60. The van der Waals surface area contributed by atoms with E-state index in [1.165, 1.54) is 5.56 Å². The van der Waals surface area contributed by atoms with Crippen LogP contribution in [0.1, 0.15) is 19.4 Å². The third-order valence-electron chi connectivity index (χ3n) is 4.34. The van der Waals surface area contributed by atoms with Crippen LogP contribution < -0.4 is 0 Å². The van der Waals surface area contributed by atoms with Gasteiger partial charge in [0.25, 0.3) is 0 Å². The first-order valence-electron chi connectivity index (χ1n) is 7.64. The van der Waals surface area contributed by atoms with Crippen LogP contribution in [0.2, 0.25) is 0 Å². The Morgan fingerprint density at radius 3 is 2.19 bits per heavy atom. The topological polar surface area (TPSA) is 26.8 Å². The highest BCUT2D eigenvalue weighted by atomic mass is 16.2. The highest BCUT2D eigenvalue weighted by molar-refractivity contribution is 5.85. The second kappa shape index (κ2) is 6.58. The van der Waals surface area contributed by atoms with Crippen molar-refractivity contribution in [1.29, 1.82) is 0 Å².